The van der Waals surface area contributed by atoms with E-state index in [1.54, 1.807) is 6.26 Å². The van der Waals surface area contributed by atoms with Crippen molar-refractivity contribution >= 4 is 11.0 Å². The summed E-state index contributed by atoms with van der Waals surface area (Å²) >= 11 is 0. The molecule has 2 heterocycles. The second kappa shape index (κ2) is 5.51. The quantitative estimate of drug-likeness (QED) is 0.774. The molecule has 0 radical (unpaired) electrons. The first kappa shape index (κ1) is 12.9. The first-order chi connectivity index (χ1) is 9.79. The summed E-state index contributed by atoms with van der Waals surface area (Å²) in [6.45, 7) is 3.79. The van der Waals surface area contributed by atoms with Gasteiger partial charge in [0.15, 0.2) is 0 Å². The van der Waals surface area contributed by atoms with Crippen LogP contribution in [0, 0.1) is 0 Å². The normalized spacial score (nSPS) is 11.3. The second-order valence-electron chi connectivity index (χ2n) is 4.90. The minimum absolute atomic E-state index is 0.767. The standard InChI is InChI=1S/C16H19N3O/c1-3-17-11-15-12(8-9-20-15)10-16-18-13-6-4-5-7-14(13)19(16)2/h4-9,17H,3,10-11H2,1-2H3. The van der Waals surface area contributed by atoms with Crippen LogP contribution >= 0.6 is 0 Å². The highest BCUT2D eigenvalue weighted by Gasteiger charge is 2.12. The molecule has 20 heavy (non-hydrogen) atoms. The number of benzene rings is 1. The molecule has 1 aromatic carbocycles. The summed E-state index contributed by atoms with van der Waals surface area (Å²) < 4.78 is 7.71. The first-order valence-electron chi connectivity index (χ1n) is 6.96. The van der Waals surface area contributed by atoms with Crippen LogP contribution in [0.3, 0.4) is 0 Å². The Morgan fingerprint density at radius 3 is 2.90 bits per heavy atom. The van der Waals surface area contributed by atoms with Gasteiger partial charge < -0.3 is 14.3 Å². The van der Waals surface area contributed by atoms with Crippen LogP contribution < -0.4 is 5.32 Å². The van der Waals surface area contributed by atoms with Crippen molar-refractivity contribution in [2.24, 2.45) is 7.05 Å². The SMILES string of the molecule is CCNCc1occc1Cc1nc2ccccc2n1C. The van der Waals surface area contributed by atoms with Gasteiger partial charge in [0.2, 0.25) is 0 Å². The fraction of sp³-hybridized carbons (Fsp3) is 0.312. The van der Waals surface area contributed by atoms with Gasteiger partial charge in [-0.3, -0.25) is 0 Å². The third-order valence-electron chi connectivity index (χ3n) is 3.60. The average Bonchev–Trinajstić information content (AvgIpc) is 3.03. The highest BCUT2D eigenvalue weighted by molar-refractivity contribution is 5.75. The number of fused-ring (bicyclic) bond motifs is 1. The van der Waals surface area contributed by atoms with Crippen LogP contribution in [0.2, 0.25) is 0 Å². The molecule has 0 saturated heterocycles. The zero-order valence-corrected chi connectivity index (χ0v) is 11.9. The fourth-order valence-electron chi connectivity index (χ4n) is 2.44. The van der Waals surface area contributed by atoms with E-state index in [0.29, 0.717) is 0 Å². The van der Waals surface area contributed by atoms with Crippen LogP contribution in [0.1, 0.15) is 24.1 Å². The van der Waals surface area contributed by atoms with Crippen molar-refractivity contribution in [3.63, 3.8) is 0 Å². The molecule has 0 aliphatic carbocycles. The third-order valence-corrected chi connectivity index (χ3v) is 3.60. The molecule has 3 aromatic rings. The lowest BCUT2D eigenvalue weighted by molar-refractivity contribution is 0.483. The number of nitrogens with one attached hydrogen (secondary N) is 1. The number of furan rings is 1. The molecule has 0 fully saturated rings. The molecule has 104 valence electrons. The van der Waals surface area contributed by atoms with E-state index in [0.717, 1.165) is 36.6 Å². The molecule has 0 unspecified atom stereocenters. The molecule has 0 spiro atoms. The molecule has 4 heteroatoms. The van der Waals surface area contributed by atoms with Gasteiger partial charge in [0.25, 0.3) is 0 Å². The topological polar surface area (TPSA) is 43.0 Å². The van der Waals surface area contributed by atoms with E-state index in [4.69, 9.17) is 9.40 Å². The Hall–Kier alpha value is -2.07. The molecule has 0 aliphatic heterocycles. The maximum atomic E-state index is 5.55. The average molecular weight is 269 g/mol. The Morgan fingerprint density at radius 2 is 2.10 bits per heavy atom. The minimum atomic E-state index is 0.767. The van der Waals surface area contributed by atoms with Gasteiger partial charge in [0.05, 0.1) is 23.8 Å². The Labute approximate surface area is 118 Å². The summed E-state index contributed by atoms with van der Waals surface area (Å²) in [6, 6.07) is 10.2. The molecule has 0 aliphatic rings. The second-order valence-corrected chi connectivity index (χ2v) is 4.90. The van der Waals surface area contributed by atoms with Crippen molar-refractivity contribution in [1.82, 2.24) is 14.9 Å². The van der Waals surface area contributed by atoms with Crippen LogP contribution in [-0.2, 0) is 20.0 Å². The molecule has 3 rings (SSSR count). The Morgan fingerprint density at radius 1 is 1.25 bits per heavy atom. The fourth-order valence-corrected chi connectivity index (χ4v) is 2.44. The molecule has 2 aromatic heterocycles. The molecule has 0 amide bonds. The van der Waals surface area contributed by atoms with Gasteiger partial charge in [0.1, 0.15) is 11.6 Å². The van der Waals surface area contributed by atoms with E-state index in [1.807, 2.05) is 24.3 Å². The summed E-state index contributed by atoms with van der Waals surface area (Å²) in [4.78, 5) is 4.71. The molecular formula is C16H19N3O. The van der Waals surface area contributed by atoms with Crippen LogP contribution in [0.15, 0.2) is 41.0 Å². The highest BCUT2D eigenvalue weighted by atomic mass is 16.3. The number of rotatable bonds is 5. The van der Waals surface area contributed by atoms with Gasteiger partial charge in [0, 0.05) is 19.0 Å². The van der Waals surface area contributed by atoms with Gasteiger partial charge in [-0.1, -0.05) is 19.1 Å². The van der Waals surface area contributed by atoms with E-state index >= 15 is 0 Å². The lowest BCUT2D eigenvalue weighted by Gasteiger charge is -2.04. The van der Waals surface area contributed by atoms with Gasteiger partial charge in [-0.05, 0) is 24.7 Å². The minimum Gasteiger partial charge on any atom is -0.468 e. The number of hydrogen-bond donors (Lipinski definition) is 1. The van der Waals surface area contributed by atoms with Gasteiger partial charge in [-0.25, -0.2) is 4.98 Å². The molecular weight excluding hydrogens is 250 g/mol. The molecule has 0 saturated carbocycles. The smallest absolute Gasteiger partial charge is 0.121 e. The van der Waals surface area contributed by atoms with E-state index in [-0.39, 0.29) is 0 Å². The zero-order valence-electron chi connectivity index (χ0n) is 11.9. The summed E-state index contributed by atoms with van der Waals surface area (Å²) in [7, 11) is 2.06. The van der Waals surface area contributed by atoms with Gasteiger partial charge >= 0.3 is 0 Å². The largest absolute Gasteiger partial charge is 0.468 e. The number of hydrogen-bond acceptors (Lipinski definition) is 3. The van der Waals surface area contributed by atoms with E-state index in [9.17, 15) is 0 Å². The first-order valence-corrected chi connectivity index (χ1v) is 6.96. The van der Waals surface area contributed by atoms with Crippen molar-refractivity contribution in [2.45, 2.75) is 19.9 Å². The van der Waals surface area contributed by atoms with Crippen LogP contribution in [0.5, 0.6) is 0 Å². The number of aromatic nitrogens is 2. The van der Waals surface area contributed by atoms with Crippen molar-refractivity contribution in [2.75, 3.05) is 6.54 Å². The van der Waals surface area contributed by atoms with Gasteiger partial charge in [-0.15, -0.1) is 0 Å². The number of para-hydroxylation sites is 2. The van der Waals surface area contributed by atoms with Crippen molar-refractivity contribution in [3.05, 3.63) is 53.7 Å². The van der Waals surface area contributed by atoms with Crippen molar-refractivity contribution < 1.29 is 4.42 Å². The van der Waals surface area contributed by atoms with E-state index in [2.05, 4.69) is 29.9 Å². The molecule has 4 nitrogen and oxygen atoms in total. The highest BCUT2D eigenvalue weighted by Crippen LogP contribution is 2.19. The number of nitrogens with zero attached hydrogens (tertiary/aromatic N) is 2. The van der Waals surface area contributed by atoms with Crippen LogP contribution in [0.25, 0.3) is 11.0 Å². The zero-order chi connectivity index (χ0) is 13.9. The predicted octanol–water partition coefficient (Wildman–Crippen LogP) is 2.87. The Balaban J connectivity index is 1.89. The Kier molecular flexibility index (Phi) is 3.56. The van der Waals surface area contributed by atoms with Crippen LogP contribution in [0.4, 0.5) is 0 Å². The summed E-state index contributed by atoms with van der Waals surface area (Å²) in [5, 5.41) is 3.30. The lowest BCUT2D eigenvalue weighted by atomic mass is 10.1. The van der Waals surface area contributed by atoms with Crippen molar-refractivity contribution in [3.8, 4) is 0 Å². The molecule has 0 bridgehead atoms. The number of imidazole rings is 1. The van der Waals surface area contributed by atoms with Gasteiger partial charge in [-0.2, -0.15) is 0 Å². The van der Waals surface area contributed by atoms with E-state index < -0.39 is 0 Å². The molecule has 1 N–H and O–H groups in total. The van der Waals surface area contributed by atoms with Crippen molar-refractivity contribution in [1.29, 1.82) is 0 Å². The summed E-state index contributed by atoms with van der Waals surface area (Å²) in [5.41, 5.74) is 3.41. The monoisotopic (exact) mass is 269 g/mol. The molecule has 0 atom stereocenters. The lowest BCUT2D eigenvalue weighted by Crippen LogP contribution is -2.12. The third kappa shape index (κ3) is 2.34. The van der Waals surface area contributed by atoms with Crippen LogP contribution in [-0.4, -0.2) is 16.1 Å². The number of aryl methyl sites for hydroxylation is 1. The summed E-state index contributed by atoms with van der Waals surface area (Å²) in [6.07, 6.45) is 2.55. The maximum absolute atomic E-state index is 5.55. The maximum Gasteiger partial charge on any atom is 0.121 e. The predicted molar refractivity (Wildman–Crippen MR) is 79.6 cm³/mol. The van der Waals surface area contributed by atoms with E-state index in [1.165, 1.54) is 11.1 Å². The summed E-state index contributed by atoms with van der Waals surface area (Å²) in [5.74, 6) is 2.06. The Bertz CT molecular complexity index is 711.